The van der Waals surface area contributed by atoms with Crippen molar-refractivity contribution in [1.82, 2.24) is 4.98 Å². The van der Waals surface area contributed by atoms with Gasteiger partial charge in [0.1, 0.15) is 11.4 Å². The van der Waals surface area contributed by atoms with E-state index in [0.29, 0.717) is 12.4 Å². The first-order valence-electron chi connectivity index (χ1n) is 6.65. The van der Waals surface area contributed by atoms with Crippen LogP contribution in [0.15, 0.2) is 6.07 Å². The summed E-state index contributed by atoms with van der Waals surface area (Å²) in [4.78, 5) is 15.6. The largest absolute Gasteiger partial charge is 0.478 e. The molecule has 0 radical (unpaired) electrons. The zero-order valence-electron chi connectivity index (χ0n) is 11.4. The third-order valence-electron chi connectivity index (χ3n) is 3.33. The number of rotatable bonds is 4. The summed E-state index contributed by atoms with van der Waals surface area (Å²) in [6, 6.07) is 1.78. The van der Waals surface area contributed by atoms with Gasteiger partial charge in [0, 0.05) is 18.8 Å². The van der Waals surface area contributed by atoms with Gasteiger partial charge in [-0.3, -0.25) is 0 Å². The zero-order valence-corrected chi connectivity index (χ0v) is 11.4. The summed E-state index contributed by atoms with van der Waals surface area (Å²) in [6.45, 7) is 5.05. The molecule has 0 amide bonds. The first kappa shape index (κ1) is 13.8. The molecule has 1 atom stereocenters. The van der Waals surface area contributed by atoms with Crippen molar-refractivity contribution in [2.75, 3.05) is 18.5 Å². The molecule has 5 heteroatoms. The average Bonchev–Trinajstić information content (AvgIpc) is 2.36. The van der Waals surface area contributed by atoms with Gasteiger partial charge in [-0.2, -0.15) is 0 Å². The predicted octanol–water partition coefficient (Wildman–Crippen LogP) is 2.38. The molecule has 2 rings (SSSR count). The number of hydrogen-bond donors (Lipinski definition) is 2. The Bertz CT molecular complexity index is 468. The van der Waals surface area contributed by atoms with Crippen LogP contribution in [0.3, 0.4) is 0 Å². The lowest BCUT2D eigenvalue weighted by Gasteiger charge is -2.23. The standard InChI is InChI=1S/C14H20N2O3/c1-9-7-10(2)16-13(12(9)14(17)18)15-8-11-5-3-4-6-19-11/h7,11H,3-6,8H2,1-2H3,(H,15,16)(H,17,18). The second-order valence-corrected chi connectivity index (χ2v) is 4.98. The van der Waals surface area contributed by atoms with E-state index in [1.165, 1.54) is 6.42 Å². The van der Waals surface area contributed by atoms with Crippen LogP contribution in [0.5, 0.6) is 0 Å². The highest BCUT2D eigenvalue weighted by Gasteiger charge is 2.18. The Morgan fingerprint density at radius 3 is 2.95 bits per heavy atom. The van der Waals surface area contributed by atoms with Gasteiger partial charge in [-0.1, -0.05) is 0 Å². The molecule has 0 aromatic carbocycles. The summed E-state index contributed by atoms with van der Waals surface area (Å²) in [5.41, 5.74) is 1.79. The molecule has 0 saturated carbocycles. The molecular formula is C14H20N2O3. The van der Waals surface area contributed by atoms with Gasteiger partial charge < -0.3 is 15.2 Å². The summed E-state index contributed by atoms with van der Waals surface area (Å²) in [5.74, 6) is -0.503. The zero-order chi connectivity index (χ0) is 13.8. The highest BCUT2D eigenvalue weighted by atomic mass is 16.5. The number of carbonyl (C=O) groups is 1. The van der Waals surface area contributed by atoms with Gasteiger partial charge in [0.25, 0.3) is 0 Å². The monoisotopic (exact) mass is 264 g/mol. The smallest absolute Gasteiger partial charge is 0.339 e. The molecule has 1 aliphatic rings. The average molecular weight is 264 g/mol. The van der Waals surface area contributed by atoms with Gasteiger partial charge in [-0.25, -0.2) is 9.78 Å². The maximum absolute atomic E-state index is 11.3. The molecular weight excluding hydrogens is 244 g/mol. The van der Waals surface area contributed by atoms with Gasteiger partial charge in [0.05, 0.1) is 6.10 Å². The molecule has 1 aromatic rings. The van der Waals surface area contributed by atoms with Crippen LogP contribution in [-0.2, 0) is 4.74 Å². The lowest BCUT2D eigenvalue weighted by atomic mass is 10.1. The van der Waals surface area contributed by atoms with Gasteiger partial charge in [0.2, 0.25) is 0 Å². The quantitative estimate of drug-likeness (QED) is 0.873. The van der Waals surface area contributed by atoms with Crippen LogP contribution >= 0.6 is 0 Å². The molecule has 2 N–H and O–H groups in total. The fourth-order valence-electron chi connectivity index (χ4n) is 2.41. The van der Waals surface area contributed by atoms with Crippen LogP contribution in [0, 0.1) is 13.8 Å². The van der Waals surface area contributed by atoms with Crippen LogP contribution < -0.4 is 5.32 Å². The minimum atomic E-state index is -0.947. The van der Waals surface area contributed by atoms with Crippen molar-refractivity contribution in [2.24, 2.45) is 0 Å². The van der Waals surface area contributed by atoms with Crippen LogP contribution in [0.1, 0.15) is 40.9 Å². The van der Waals surface area contributed by atoms with Gasteiger partial charge >= 0.3 is 5.97 Å². The first-order chi connectivity index (χ1) is 9.08. The molecule has 104 valence electrons. The van der Waals surface area contributed by atoms with E-state index in [4.69, 9.17) is 4.74 Å². The third kappa shape index (κ3) is 3.44. The van der Waals surface area contributed by atoms with E-state index in [9.17, 15) is 9.90 Å². The molecule has 1 unspecified atom stereocenters. The number of carboxylic acid groups (broad SMARTS) is 1. The number of nitrogens with one attached hydrogen (secondary N) is 1. The SMILES string of the molecule is Cc1cc(C)c(C(=O)O)c(NCC2CCCCO2)n1. The minimum absolute atomic E-state index is 0.151. The number of aromatic carboxylic acids is 1. The highest BCUT2D eigenvalue weighted by Crippen LogP contribution is 2.20. The van der Waals surface area contributed by atoms with E-state index in [1.54, 1.807) is 13.0 Å². The number of ether oxygens (including phenoxy) is 1. The van der Waals surface area contributed by atoms with Gasteiger partial charge in [0.15, 0.2) is 0 Å². The molecule has 0 aliphatic carbocycles. The molecule has 1 fully saturated rings. The maximum atomic E-state index is 11.3. The number of anilines is 1. The molecule has 5 nitrogen and oxygen atoms in total. The molecule has 19 heavy (non-hydrogen) atoms. The molecule has 2 heterocycles. The van der Waals surface area contributed by atoms with E-state index in [0.717, 1.165) is 30.7 Å². The van der Waals surface area contributed by atoms with E-state index >= 15 is 0 Å². The third-order valence-corrected chi connectivity index (χ3v) is 3.33. The number of aryl methyl sites for hydroxylation is 2. The van der Waals surface area contributed by atoms with Crippen molar-refractivity contribution in [3.63, 3.8) is 0 Å². The summed E-state index contributed by atoms with van der Waals surface area (Å²) < 4.78 is 5.62. The van der Waals surface area contributed by atoms with Gasteiger partial charge in [-0.05, 0) is 44.7 Å². The van der Waals surface area contributed by atoms with E-state index in [2.05, 4.69) is 10.3 Å². The summed E-state index contributed by atoms with van der Waals surface area (Å²) in [5, 5.41) is 12.4. The van der Waals surface area contributed by atoms with Crippen molar-refractivity contribution >= 4 is 11.8 Å². The fraction of sp³-hybridized carbons (Fsp3) is 0.571. The molecule has 1 saturated heterocycles. The summed E-state index contributed by atoms with van der Waals surface area (Å²) in [7, 11) is 0. The second kappa shape index (κ2) is 6.02. The Morgan fingerprint density at radius 2 is 2.32 bits per heavy atom. The van der Waals surface area contributed by atoms with Gasteiger partial charge in [-0.15, -0.1) is 0 Å². The van der Waals surface area contributed by atoms with Crippen LogP contribution in [-0.4, -0.2) is 35.3 Å². The second-order valence-electron chi connectivity index (χ2n) is 4.98. The lowest BCUT2D eigenvalue weighted by molar-refractivity contribution is 0.0247. The van der Waals surface area contributed by atoms with Crippen LogP contribution in [0.25, 0.3) is 0 Å². The summed E-state index contributed by atoms with van der Waals surface area (Å²) >= 11 is 0. The number of aromatic nitrogens is 1. The molecule has 1 aromatic heterocycles. The Labute approximate surface area is 113 Å². The van der Waals surface area contributed by atoms with E-state index in [-0.39, 0.29) is 11.7 Å². The van der Waals surface area contributed by atoms with Crippen molar-refractivity contribution < 1.29 is 14.6 Å². The number of carboxylic acids is 1. The van der Waals surface area contributed by atoms with Crippen molar-refractivity contribution in [2.45, 2.75) is 39.2 Å². The topological polar surface area (TPSA) is 71.5 Å². The Balaban J connectivity index is 2.12. The van der Waals surface area contributed by atoms with Crippen molar-refractivity contribution in [1.29, 1.82) is 0 Å². The number of hydrogen-bond acceptors (Lipinski definition) is 4. The normalized spacial score (nSPS) is 19.2. The molecule has 1 aliphatic heterocycles. The maximum Gasteiger partial charge on any atom is 0.339 e. The Hall–Kier alpha value is -1.62. The Morgan fingerprint density at radius 1 is 1.53 bits per heavy atom. The fourth-order valence-corrected chi connectivity index (χ4v) is 2.41. The van der Waals surface area contributed by atoms with E-state index in [1.807, 2.05) is 6.92 Å². The van der Waals surface area contributed by atoms with Crippen molar-refractivity contribution in [3.8, 4) is 0 Å². The first-order valence-corrected chi connectivity index (χ1v) is 6.65. The molecule has 0 bridgehead atoms. The predicted molar refractivity (Wildman–Crippen MR) is 72.8 cm³/mol. The van der Waals surface area contributed by atoms with Crippen molar-refractivity contribution in [3.05, 3.63) is 22.9 Å². The number of nitrogens with zero attached hydrogens (tertiary/aromatic N) is 1. The molecule has 0 spiro atoms. The summed E-state index contributed by atoms with van der Waals surface area (Å²) in [6.07, 6.45) is 3.44. The number of pyridine rings is 1. The van der Waals surface area contributed by atoms with Crippen LogP contribution in [0.2, 0.25) is 0 Å². The highest BCUT2D eigenvalue weighted by molar-refractivity contribution is 5.94. The van der Waals surface area contributed by atoms with E-state index < -0.39 is 5.97 Å². The van der Waals surface area contributed by atoms with Crippen LogP contribution in [0.4, 0.5) is 5.82 Å². The Kier molecular flexibility index (Phi) is 4.37. The minimum Gasteiger partial charge on any atom is -0.478 e. The lowest BCUT2D eigenvalue weighted by Crippen LogP contribution is -2.28.